The van der Waals surface area contributed by atoms with Gasteiger partial charge in [0.15, 0.2) is 0 Å². The van der Waals surface area contributed by atoms with Crippen LogP contribution in [0.1, 0.15) is 24.1 Å². The Bertz CT molecular complexity index is 768. The van der Waals surface area contributed by atoms with E-state index in [1.807, 2.05) is 25.1 Å². The number of benzene rings is 2. The summed E-state index contributed by atoms with van der Waals surface area (Å²) in [7, 11) is -3.53. The SMILES string of the molecule is C.Cc1ccc(S(=O)(=O)Nc2ccc3c(c2)CCNCC3)cc1. The van der Waals surface area contributed by atoms with Crippen molar-refractivity contribution in [2.75, 3.05) is 17.8 Å². The fraction of sp³-hybridized carbons (Fsp3) is 0.333. The smallest absolute Gasteiger partial charge is 0.261 e. The first kappa shape index (κ1) is 17.5. The van der Waals surface area contributed by atoms with Gasteiger partial charge in [0, 0.05) is 5.69 Å². The first-order chi connectivity index (χ1) is 10.5. The Hall–Kier alpha value is -1.85. The molecule has 0 atom stereocenters. The number of hydrogen-bond acceptors (Lipinski definition) is 3. The highest BCUT2D eigenvalue weighted by Gasteiger charge is 2.15. The van der Waals surface area contributed by atoms with Crippen molar-refractivity contribution in [2.45, 2.75) is 32.1 Å². The van der Waals surface area contributed by atoms with Gasteiger partial charge in [-0.05, 0) is 68.2 Å². The van der Waals surface area contributed by atoms with E-state index >= 15 is 0 Å². The summed E-state index contributed by atoms with van der Waals surface area (Å²) in [5.74, 6) is 0. The number of aryl methyl sites for hydroxylation is 1. The number of hydrogen-bond donors (Lipinski definition) is 2. The van der Waals surface area contributed by atoms with Crippen LogP contribution in [0.2, 0.25) is 0 Å². The zero-order chi connectivity index (χ0) is 15.6. The van der Waals surface area contributed by atoms with Crippen LogP contribution in [0.3, 0.4) is 0 Å². The lowest BCUT2D eigenvalue weighted by molar-refractivity contribution is 0.601. The van der Waals surface area contributed by atoms with Gasteiger partial charge in [-0.1, -0.05) is 31.2 Å². The second-order valence-electron chi connectivity index (χ2n) is 5.65. The van der Waals surface area contributed by atoms with Crippen molar-refractivity contribution >= 4 is 15.7 Å². The Morgan fingerprint density at radius 1 is 0.957 bits per heavy atom. The highest BCUT2D eigenvalue weighted by atomic mass is 32.2. The molecule has 2 N–H and O–H groups in total. The summed E-state index contributed by atoms with van der Waals surface area (Å²) in [4.78, 5) is 0.287. The van der Waals surface area contributed by atoms with Crippen LogP contribution in [0.25, 0.3) is 0 Å². The van der Waals surface area contributed by atoms with Crippen molar-refractivity contribution < 1.29 is 8.42 Å². The zero-order valence-corrected chi connectivity index (χ0v) is 13.4. The molecule has 1 heterocycles. The van der Waals surface area contributed by atoms with E-state index < -0.39 is 10.0 Å². The Labute approximate surface area is 139 Å². The van der Waals surface area contributed by atoms with E-state index in [1.54, 1.807) is 24.3 Å². The molecule has 0 unspecified atom stereocenters. The van der Waals surface area contributed by atoms with Crippen molar-refractivity contribution in [2.24, 2.45) is 0 Å². The van der Waals surface area contributed by atoms with E-state index in [0.717, 1.165) is 31.5 Å². The molecule has 0 radical (unpaired) electrons. The van der Waals surface area contributed by atoms with E-state index in [9.17, 15) is 8.42 Å². The predicted molar refractivity (Wildman–Crippen MR) is 95.4 cm³/mol. The molecule has 23 heavy (non-hydrogen) atoms. The molecule has 0 saturated heterocycles. The fourth-order valence-electron chi connectivity index (χ4n) is 2.67. The van der Waals surface area contributed by atoms with Crippen LogP contribution < -0.4 is 10.0 Å². The molecule has 2 aromatic rings. The summed E-state index contributed by atoms with van der Waals surface area (Å²) in [6, 6.07) is 12.7. The van der Waals surface area contributed by atoms with Gasteiger partial charge in [-0.3, -0.25) is 4.72 Å². The van der Waals surface area contributed by atoms with Crippen LogP contribution in [-0.2, 0) is 22.9 Å². The summed E-state index contributed by atoms with van der Waals surface area (Å²) in [5, 5.41) is 3.35. The van der Waals surface area contributed by atoms with Gasteiger partial charge in [-0.25, -0.2) is 8.42 Å². The molecule has 0 bridgehead atoms. The average Bonchev–Trinajstić information content (AvgIpc) is 2.72. The van der Waals surface area contributed by atoms with Gasteiger partial charge < -0.3 is 5.32 Å². The fourth-order valence-corrected chi connectivity index (χ4v) is 3.72. The molecule has 124 valence electrons. The Balaban J connectivity index is 0.00000192. The molecule has 0 aromatic heterocycles. The quantitative estimate of drug-likeness (QED) is 0.908. The molecule has 5 heteroatoms. The van der Waals surface area contributed by atoms with E-state index in [1.165, 1.54) is 11.1 Å². The molecular weight excluding hydrogens is 308 g/mol. The van der Waals surface area contributed by atoms with Gasteiger partial charge in [0.05, 0.1) is 4.90 Å². The molecule has 0 saturated carbocycles. The van der Waals surface area contributed by atoms with Crippen molar-refractivity contribution in [1.29, 1.82) is 0 Å². The summed E-state index contributed by atoms with van der Waals surface area (Å²) in [5.41, 5.74) is 4.18. The van der Waals surface area contributed by atoms with Crippen LogP contribution in [0.4, 0.5) is 5.69 Å². The van der Waals surface area contributed by atoms with Crippen LogP contribution in [0.15, 0.2) is 47.4 Å². The number of anilines is 1. The topological polar surface area (TPSA) is 58.2 Å². The minimum absolute atomic E-state index is 0. The normalized spacial score (nSPS) is 14.3. The van der Waals surface area contributed by atoms with Gasteiger partial charge in [0.25, 0.3) is 10.0 Å². The molecule has 2 aromatic carbocycles. The predicted octanol–water partition coefficient (Wildman–Crippen LogP) is 3.12. The first-order valence-corrected chi connectivity index (χ1v) is 8.95. The maximum atomic E-state index is 12.4. The lowest BCUT2D eigenvalue weighted by Crippen LogP contribution is -2.16. The largest absolute Gasteiger partial charge is 0.316 e. The van der Waals surface area contributed by atoms with E-state index in [0.29, 0.717) is 5.69 Å². The third kappa shape index (κ3) is 4.12. The summed E-state index contributed by atoms with van der Waals surface area (Å²) >= 11 is 0. The molecule has 0 aliphatic carbocycles. The van der Waals surface area contributed by atoms with Crippen molar-refractivity contribution in [3.8, 4) is 0 Å². The van der Waals surface area contributed by atoms with E-state index in [2.05, 4.69) is 10.0 Å². The second kappa shape index (κ2) is 7.15. The average molecular weight is 332 g/mol. The molecule has 4 nitrogen and oxygen atoms in total. The molecular formula is C18H24N2O2S. The Kier molecular flexibility index (Phi) is 5.44. The number of fused-ring (bicyclic) bond motifs is 1. The lowest BCUT2D eigenvalue weighted by atomic mass is 10.0. The molecule has 0 fully saturated rings. The van der Waals surface area contributed by atoms with Gasteiger partial charge >= 0.3 is 0 Å². The second-order valence-corrected chi connectivity index (χ2v) is 7.33. The maximum absolute atomic E-state index is 12.4. The monoisotopic (exact) mass is 332 g/mol. The lowest BCUT2D eigenvalue weighted by Gasteiger charge is -2.11. The van der Waals surface area contributed by atoms with Crippen LogP contribution in [-0.4, -0.2) is 21.5 Å². The first-order valence-electron chi connectivity index (χ1n) is 7.47. The minimum atomic E-state index is -3.53. The third-order valence-electron chi connectivity index (χ3n) is 3.93. The zero-order valence-electron chi connectivity index (χ0n) is 12.6. The van der Waals surface area contributed by atoms with Gasteiger partial charge in [-0.2, -0.15) is 0 Å². The van der Waals surface area contributed by atoms with E-state index in [-0.39, 0.29) is 12.3 Å². The molecule has 1 aliphatic heterocycles. The van der Waals surface area contributed by atoms with Crippen molar-refractivity contribution in [1.82, 2.24) is 5.32 Å². The van der Waals surface area contributed by atoms with Gasteiger partial charge in [0.2, 0.25) is 0 Å². The summed E-state index contributed by atoms with van der Waals surface area (Å²) in [6.45, 7) is 3.84. The van der Waals surface area contributed by atoms with Crippen molar-refractivity contribution in [3.05, 3.63) is 59.2 Å². The summed E-state index contributed by atoms with van der Waals surface area (Å²) in [6.07, 6.45) is 1.91. The summed E-state index contributed by atoms with van der Waals surface area (Å²) < 4.78 is 27.5. The molecule has 0 spiro atoms. The minimum Gasteiger partial charge on any atom is -0.316 e. The molecule has 1 aliphatic rings. The Morgan fingerprint density at radius 3 is 2.30 bits per heavy atom. The number of rotatable bonds is 3. The Morgan fingerprint density at radius 2 is 1.61 bits per heavy atom. The van der Waals surface area contributed by atoms with E-state index in [4.69, 9.17) is 0 Å². The van der Waals surface area contributed by atoms with Crippen LogP contribution in [0.5, 0.6) is 0 Å². The molecule has 0 amide bonds. The molecule has 3 rings (SSSR count). The van der Waals surface area contributed by atoms with Crippen molar-refractivity contribution in [3.63, 3.8) is 0 Å². The van der Waals surface area contributed by atoms with Gasteiger partial charge in [-0.15, -0.1) is 0 Å². The van der Waals surface area contributed by atoms with Gasteiger partial charge in [0.1, 0.15) is 0 Å². The highest BCUT2D eigenvalue weighted by Crippen LogP contribution is 2.21. The maximum Gasteiger partial charge on any atom is 0.261 e. The van der Waals surface area contributed by atoms with Crippen LogP contribution in [0, 0.1) is 6.92 Å². The van der Waals surface area contributed by atoms with Crippen LogP contribution >= 0.6 is 0 Å². The standard InChI is InChI=1S/C17H20N2O2S.CH4/c1-13-2-6-17(7-3-13)22(20,21)19-16-5-4-14-8-10-18-11-9-15(14)12-16;/h2-7,12,18-19H,8-11H2,1H3;1H4. The number of sulfonamides is 1. The number of nitrogens with one attached hydrogen (secondary N) is 2. The highest BCUT2D eigenvalue weighted by molar-refractivity contribution is 7.92. The third-order valence-corrected chi connectivity index (χ3v) is 5.33.